The first-order valence-electron chi connectivity index (χ1n) is 10.8. The number of rotatable bonds is 7. The second kappa shape index (κ2) is 9.91. The van der Waals surface area contributed by atoms with Gasteiger partial charge in [-0.1, -0.05) is 25.3 Å². The van der Waals surface area contributed by atoms with Crippen molar-refractivity contribution in [3.63, 3.8) is 0 Å². The number of allylic oxidation sites excluding steroid dienone is 1. The predicted octanol–water partition coefficient (Wildman–Crippen LogP) is 4.85. The lowest BCUT2D eigenvalue weighted by Gasteiger charge is -2.22. The molecule has 166 valence electrons. The molecule has 4 rings (SSSR count). The Labute approximate surface area is 191 Å². The van der Waals surface area contributed by atoms with Gasteiger partial charge in [0.05, 0.1) is 17.5 Å². The van der Waals surface area contributed by atoms with Crippen molar-refractivity contribution in [1.29, 1.82) is 0 Å². The van der Waals surface area contributed by atoms with E-state index in [1.54, 1.807) is 36.5 Å². The zero-order chi connectivity index (χ0) is 22.5. The third-order valence-corrected chi connectivity index (χ3v) is 6.08. The monoisotopic (exact) mass is 450 g/mol. The number of anilines is 1. The van der Waals surface area contributed by atoms with E-state index < -0.39 is 0 Å². The van der Waals surface area contributed by atoms with Crippen LogP contribution >= 0.6 is 12.2 Å². The standard InChI is InChI=1S/C24H26N4O3S/c1-2-13-28-23(30)18-11-10-17(14-19(18)26-24(28)32)22(29)27-21-20(9-6-12-25-21)31-15-16-7-4-3-5-8-16/h2,6,9-12,14,16H,1,3-5,7-8,13,15H2,(H,26,32)(H,25,27,29). The van der Waals surface area contributed by atoms with E-state index >= 15 is 0 Å². The van der Waals surface area contributed by atoms with Crippen molar-refractivity contribution in [2.75, 3.05) is 11.9 Å². The molecular formula is C24H26N4O3S. The summed E-state index contributed by atoms with van der Waals surface area (Å²) >= 11 is 5.28. The van der Waals surface area contributed by atoms with Crippen LogP contribution in [0.1, 0.15) is 42.5 Å². The van der Waals surface area contributed by atoms with Gasteiger partial charge in [-0.05, 0) is 61.3 Å². The molecule has 0 spiro atoms. The second-order valence-electron chi connectivity index (χ2n) is 8.01. The van der Waals surface area contributed by atoms with E-state index in [1.807, 2.05) is 6.07 Å². The smallest absolute Gasteiger partial charge is 0.262 e. The minimum Gasteiger partial charge on any atom is -0.489 e. The van der Waals surface area contributed by atoms with Crippen molar-refractivity contribution in [2.24, 2.45) is 5.92 Å². The fourth-order valence-electron chi connectivity index (χ4n) is 4.03. The molecule has 3 aromatic rings. The summed E-state index contributed by atoms with van der Waals surface area (Å²) in [5.74, 6) is 1.13. The number of ether oxygens (including phenoxy) is 1. The molecule has 1 aliphatic rings. The predicted molar refractivity (Wildman–Crippen MR) is 128 cm³/mol. The Morgan fingerprint density at radius 2 is 2.12 bits per heavy atom. The van der Waals surface area contributed by atoms with E-state index in [0.717, 1.165) is 0 Å². The average Bonchev–Trinajstić information content (AvgIpc) is 2.81. The van der Waals surface area contributed by atoms with Crippen LogP contribution in [0.15, 0.2) is 54.0 Å². The molecule has 2 heterocycles. The number of pyridine rings is 1. The van der Waals surface area contributed by atoms with Gasteiger partial charge in [-0.15, -0.1) is 6.58 Å². The largest absolute Gasteiger partial charge is 0.489 e. The van der Waals surface area contributed by atoms with E-state index in [2.05, 4.69) is 21.9 Å². The first kappa shape index (κ1) is 22.0. The van der Waals surface area contributed by atoms with Crippen LogP contribution in [-0.4, -0.2) is 27.0 Å². The number of carbonyl (C=O) groups is 1. The minimum atomic E-state index is -0.345. The molecule has 7 nitrogen and oxygen atoms in total. The topological polar surface area (TPSA) is 89.0 Å². The number of aromatic amines is 1. The molecule has 1 aromatic carbocycles. The number of amides is 1. The maximum atomic E-state index is 12.9. The third-order valence-electron chi connectivity index (χ3n) is 5.76. The van der Waals surface area contributed by atoms with Crippen molar-refractivity contribution in [3.8, 4) is 5.75 Å². The number of benzene rings is 1. The highest BCUT2D eigenvalue weighted by Crippen LogP contribution is 2.27. The maximum absolute atomic E-state index is 12.9. The van der Waals surface area contributed by atoms with E-state index in [0.29, 0.717) is 47.1 Å². The van der Waals surface area contributed by atoms with Crippen LogP contribution in [0.3, 0.4) is 0 Å². The number of fused-ring (bicyclic) bond motifs is 1. The van der Waals surface area contributed by atoms with Crippen LogP contribution < -0.4 is 15.6 Å². The van der Waals surface area contributed by atoms with Gasteiger partial charge in [0.2, 0.25) is 0 Å². The Morgan fingerprint density at radius 3 is 2.91 bits per heavy atom. The molecule has 1 amide bonds. The molecule has 0 saturated heterocycles. The van der Waals surface area contributed by atoms with E-state index in [-0.39, 0.29) is 16.2 Å². The maximum Gasteiger partial charge on any atom is 0.262 e. The Bertz CT molecular complexity index is 1260. The van der Waals surface area contributed by atoms with Gasteiger partial charge in [-0.3, -0.25) is 14.2 Å². The first-order valence-corrected chi connectivity index (χ1v) is 11.2. The molecule has 0 atom stereocenters. The Hall–Kier alpha value is -3.26. The average molecular weight is 451 g/mol. The lowest BCUT2D eigenvalue weighted by molar-refractivity contribution is 0.102. The summed E-state index contributed by atoms with van der Waals surface area (Å²) in [6.07, 6.45) is 9.36. The molecule has 1 fully saturated rings. The number of H-pyrrole nitrogens is 1. The SMILES string of the molecule is C=CCn1c(=S)[nH]c2cc(C(=O)Nc3ncccc3OCC3CCCCC3)ccc2c1=O. The number of hydrogen-bond acceptors (Lipinski definition) is 5. The molecule has 32 heavy (non-hydrogen) atoms. The number of nitrogens with zero attached hydrogens (tertiary/aromatic N) is 2. The Kier molecular flexibility index (Phi) is 6.80. The quantitative estimate of drug-likeness (QED) is 0.397. The Balaban J connectivity index is 1.54. The number of hydrogen-bond donors (Lipinski definition) is 2. The normalized spacial score (nSPS) is 14.2. The summed E-state index contributed by atoms with van der Waals surface area (Å²) in [7, 11) is 0. The number of carbonyl (C=O) groups excluding carboxylic acids is 1. The molecule has 2 N–H and O–H groups in total. The number of aromatic nitrogens is 3. The second-order valence-corrected chi connectivity index (χ2v) is 8.40. The van der Waals surface area contributed by atoms with Crippen LogP contribution in [-0.2, 0) is 6.54 Å². The number of nitrogens with one attached hydrogen (secondary N) is 2. The summed E-state index contributed by atoms with van der Waals surface area (Å²) in [6, 6.07) is 8.45. The summed E-state index contributed by atoms with van der Waals surface area (Å²) in [5, 5.41) is 3.28. The zero-order valence-corrected chi connectivity index (χ0v) is 18.6. The van der Waals surface area contributed by atoms with Crippen molar-refractivity contribution in [1.82, 2.24) is 14.5 Å². The van der Waals surface area contributed by atoms with Crippen LogP contribution in [0.4, 0.5) is 5.82 Å². The van der Waals surface area contributed by atoms with Crippen LogP contribution in [0, 0.1) is 10.7 Å². The molecule has 0 bridgehead atoms. The fraction of sp³-hybridized carbons (Fsp3) is 0.333. The molecule has 2 aromatic heterocycles. The first-order chi connectivity index (χ1) is 15.6. The summed E-state index contributed by atoms with van der Waals surface area (Å²) < 4.78 is 7.71. The third kappa shape index (κ3) is 4.80. The molecule has 1 aliphatic carbocycles. The highest BCUT2D eigenvalue weighted by atomic mass is 32.1. The van der Waals surface area contributed by atoms with Gasteiger partial charge < -0.3 is 15.0 Å². The summed E-state index contributed by atoms with van der Waals surface area (Å²) in [5.41, 5.74) is 0.661. The van der Waals surface area contributed by atoms with Crippen molar-refractivity contribution in [2.45, 2.75) is 38.6 Å². The molecule has 8 heteroatoms. The van der Waals surface area contributed by atoms with E-state index in [4.69, 9.17) is 17.0 Å². The minimum absolute atomic E-state index is 0.223. The molecule has 0 aliphatic heterocycles. The highest BCUT2D eigenvalue weighted by Gasteiger charge is 2.17. The van der Waals surface area contributed by atoms with Crippen LogP contribution in [0.2, 0.25) is 0 Å². The summed E-state index contributed by atoms with van der Waals surface area (Å²) in [6.45, 7) is 4.59. The van der Waals surface area contributed by atoms with Gasteiger partial charge >= 0.3 is 0 Å². The molecule has 0 radical (unpaired) electrons. The lowest BCUT2D eigenvalue weighted by atomic mass is 9.90. The lowest BCUT2D eigenvalue weighted by Crippen LogP contribution is -2.22. The molecular weight excluding hydrogens is 424 g/mol. The van der Waals surface area contributed by atoms with E-state index in [1.165, 1.54) is 36.7 Å². The highest BCUT2D eigenvalue weighted by molar-refractivity contribution is 7.71. The van der Waals surface area contributed by atoms with Gasteiger partial charge in [-0.25, -0.2) is 4.98 Å². The van der Waals surface area contributed by atoms with Crippen molar-refractivity contribution < 1.29 is 9.53 Å². The van der Waals surface area contributed by atoms with Gasteiger partial charge in [0.1, 0.15) is 0 Å². The molecule has 0 unspecified atom stereocenters. The van der Waals surface area contributed by atoms with Crippen molar-refractivity contribution >= 4 is 34.8 Å². The molecule has 1 saturated carbocycles. The Morgan fingerprint density at radius 1 is 1.31 bits per heavy atom. The van der Waals surface area contributed by atoms with Crippen LogP contribution in [0.25, 0.3) is 10.9 Å². The fourth-order valence-corrected chi connectivity index (χ4v) is 4.30. The van der Waals surface area contributed by atoms with Gasteiger partial charge in [0.15, 0.2) is 16.3 Å². The van der Waals surface area contributed by atoms with Crippen molar-refractivity contribution in [3.05, 3.63) is 69.9 Å². The van der Waals surface area contributed by atoms with E-state index in [9.17, 15) is 9.59 Å². The van der Waals surface area contributed by atoms with Gasteiger partial charge in [0.25, 0.3) is 11.5 Å². The van der Waals surface area contributed by atoms with Crippen LogP contribution in [0.5, 0.6) is 5.75 Å². The summed E-state index contributed by atoms with van der Waals surface area (Å²) in [4.78, 5) is 32.9. The zero-order valence-electron chi connectivity index (χ0n) is 17.8. The van der Waals surface area contributed by atoms with Gasteiger partial charge in [-0.2, -0.15) is 0 Å². The van der Waals surface area contributed by atoms with Gasteiger partial charge in [0, 0.05) is 18.3 Å².